The maximum Gasteiger partial charge on any atom is 0.169 e. The molecule has 1 aromatic rings. The van der Waals surface area contributed by atoms with E-state index in [9.17, 15) is 0 Å². The van der Waals surface area contributed by atoms with Gasteiger partial charge in [0.05, 0.1) is 27.2 Å². The van der Waals surface area contributed by atoms with Crippen LogP contribution < -0.4 is 5.32 Å². The topological polar surface area (TPSA) is 12.0 Å². The van der Waals surface area contributed by atoms with Gasteiger partial charge in [-0.15, -0.1) is 0 Å². The zero-order valence-electron chi connectivity index (χ0n) is 9.53. The normalized spacial score (nSPS) is 24.0. The molecule has 2 nitrogen and oxygen atoms in total. The molecule has 0 amide bonds. The van der Waals surface area contributed by atoms with Gasteiger partial charge in [0.25, 0.3) is 0 Å². The Bertz CT molecular complexity index is 351. The van der Waals surface area contributed by atoms with Gasteiger partial charge in [0.2, 0.25) is 0 Å². The number of hydrogen-bond acceptors (Lipinski definition) is 1. The van der Waals surface area contributed by atoms with E-state index in [0.29, 0.717) is 6.17 Å². The number of likely N-dealkylation sites (N-methyl/N-ethyl adjacent to an activating group) is 1. The molecule has 0 aliphatic carbocycles. The zero-order chi connectivity index (χ0) is 10.9. The van der Waals surface area contributed by atoms with Gasteiger partial charge < -0.3 is 4.48 Å². The zero-order valence-corrected chi connectivity index (χ0v) is 9.53. The van der Waals surface area contributed by atoms with Gasteiger partial charge in [-0.1, -0.05) is 36.9 Å². The van der Waals surface area contributed by atoms with E-state index in [1.54, 1.807) is 0 Å². The third-order valence-corrected chi connectivity index (χ3v) is 3.21. The lowest BCUT2D eigenvalue weighted by molar-refractivity contribution is -0.909. The summed E-state index contributed by atoms with van der Waals surface area (Å²) in [5, 5.41) is 3.55. The Morgan fingerprint density at radius 1 is 1.33 bits per heavy atom. The third kappa shape index (κ3) is 1.96. The van der Waals surface area contributed by atoms with Crippen LogP contribution in [0.5, 0.6) is 0 Å². The summed E-state index contributed by atoms with van der Waals surface area (Å²) in [6, 6.07) is 8.64. The minimum absolute atomic E-state index is 0.434. The molecule has 1 aromatic carbocycles. The summed E-state index contributed by atoms with van der Waals surface area (Å²) in [4.78, 5) is 0. The first kappa shape index (κ1) is 10.4. The van der Waals surface area contributed by atoms with Crippen molar-refractivity contribution in [3.63, 3.8) is 0 Å². The predicted octanol–water partition coefficient (Wildman–Crippen LogP) is 2.01. The standard InChI is InChI=1S/C13H19N2/c1-4-11-5-7-12(8-6-11)13-14-9-10-15(13,2)3/h4-8,13-14H,1,9-10H2,2-3H3/q+1. The fourth-order valence-corrected chi connectivity index (χ4v) is 2.20. The lowest BCUT2D eigenvalue weighted by atomic mass is 10.1. The van der Waals surface area contributed by atoms with Gasteiger partial charge in [0, 0.05) is 5.56 Å². The third-order valence-electron chi connectivity index (χ3n) is 3.21. The van der Waals surface area contributed by atoms with Crippen molar-refractivity contribution < 1.29 is 4.48 Å². The SMILES string of the molecule is C=Cc1ccc(C2NCC[N+]2(C)C)cc1. The van der Waals surface area contributed by atoms with Gasteiger partial charge in [-0.05, 0) is 5.56 Å². The van der Waals surface area contributed by atoms with E-state index >= 15 is 0 Å². The molecule has 1 saturated heterocycles. The lowest BCUT2D eigenvalue weighted by Gasteiger charge is -2.30. The number of nitrogens with one attached hydrogen (secondary N) is 1. The molecule has 80 valence electrons. The lowest BCUT2D eigenvalue weighted by Crippen LogP contribution is -2.41. The molecule has 2 heteroatoms. The fourth-order valence-electron chi connectivity index (χ4n) is 2.20. The number of hydrogen-bond donors (Lipinski definition) is 1. The second kappa shape index (κ2) is 3.80. The van der Waals surface area contributed by atoms with E-state index in [-0.39, 0.29) is 0 Å². The first-order valence-corrected chi connectivity index (χ1v) is 5.42. The van der Waals surface area contributed by atoms with Crippen LogP contribution in [0.4, 0.5) is 0 Å². The highest BCUT2D eigenvalue weighted by molar-refractivity contribution is 5.47. The molecule has 0 bridgehead atoms. The summed E-state index contributed by atoms with van der Waals surface area (Å²) in [5.74, 6) is 0. The molecular weight excluding hydrogens is 184 g/mol. The van der Waals surface area contributed by atoms with Crippen molar-refractivity contribution >= 4 is 6.08 Å². The maximum absolute atomic E-state index is 3.77. The average molecular weight is 203 g/mol. The van der Waals surface area contributed by atoms with Crippen molar-refractivity contribution in [1.29, 1.82) is 0 Å². The predicted molar refractivity (Wildman–Crippen MR) is 64.3 cm³/mol. The molecule has 0 spiro atoms. The Kier molecular flexibility index (Phi) is 2.63. The van der Waals surface area contributed by atoms with Gasteiger partial charge in [0.15, 0.2) is 6.17 Å². The van der Waals surface area contributed by atoms with E-state index in [4.69, 9.17) is 0 Å². The average Bonchev–Trinajstić information content (AvgIpc) is 2.58. The molecule has 1 atom stereocenters. The van der Waals surface area contributed by atoms with Crippen molar-refractivity contribution in [2.75, 3.05) is 27.2 Å². The second-order valence-electron chi connectivity index (χ2n) is 4.73. The van der Waals surface area contributed by atoms with Gasteiger partial charge >= 0.3 is 0 Å². The van der Waals surface area contributed by atoms with Crippen LogP contribution in [0, 0.1) is 0 Å². The minimum atomic E-state index is 0.434. The first-order valence-electron chi connectivity index (χ1n) is 5.42. The van der Waals surface area contributed by atoms with Crippen LogP contribution in [0.2, 0.25) is 0 Å². The molecule has 0 aromatic heterocycles. The molecule has 0 radical (unpaired) electrons. The van der Waals surface area contributed by atoms with E-state index in [0.717, 1.165) is 11.0 Å². The molecular formula is C13H19N2+. The van der Waals surface area contributed by atoms with Gasteiger partial charge in [0.1, 0.15) is 0 Å². The van der Waals surface area contributed by atoms with Crippen LogP contribution in [0.15, 0.2) is 30.8 Å². The Morgan fingerprint density at radius 2 is 2.00 bits per heavy atom. The molecule has 1 N–H and O–H groups in total. The molecule has 15 heavy (non-hydrogen) atoms. The van der Waals surface area contributed by atoms with Crippen molar-refractivity contribution in [2.45, 2.75) is 6.17 Å². The van der Waals surface area contributed by atoms with Crippen LogP contribution in [0.3, 0.4) is 0 Å². The summed E-state index contributed by atoms with van der Waals surface area (Å²) < 4.78 is 1.02. The van der Waals surface area contributed by atoms with Crippen molar-refractivity contribution in [3.8, 4) is 0 Å². The number of benzene rings is 1. The van der Waals surface area contributed by atoms with Crippen LogP contribution in [-0.2, 0) is 0 Å². The summed E-state index contributed by atoms with van der Waals surface area (Å²) in [6.45, 7) is 6.05. The highest BCUT2D eigenvalue weighted by atomic mass is 15.4. The fraction of sp³-hybridized carbons (Fsp3) is 0.385. The summed E-state index contributed by atoms with van der Waals surface area (Å²) in [7, 11) is 4.54. The monoisotopic (exact) mass is 203 g/mol. The Labute approximate surface area is 91.8 Å². The Morgan fingerprint density at radius 3 is 2.47 bits per heavy atom. The molecule has 1 fully saturated rings. The quantitative estimate of drug-likeness (QED) is 0.725. The highest BCUT2D eigenvalue weighted by Crippen LogP contribution is 2.26. The van der Waals surface area contributed by atoms with Crippen molar-refractivity contribution in [1.82, 2.24) is 5.32 Å². The van der Waals surface area contributed by atoms with E-state index < -0.39 is 0 Å². The van der Waals surface area contributed by atoms with E-state index in [1.807, 2.05) is 6.08 Å². The highest BCUT2D eigenvalue weighted by Gasteiger charge is 2.34. The minimum Gasteiger partial charge on any atom is -0.309 e. The van der Waals surface area contributed by atoms with Crippen LogP contribution in [0.1, 0.15) is 17.3 Å². The molecule has 1 heterocycles. The summed E-state index contributed by atoms with van der Waals surface area (Å²) in [6.07, 6.45) is 2.31. The second-order valence-corrected chi connectivity index (χ2v) is 4.73. The molecule has 1 aliphatic rings. The maximum atomic E-state index is 3.77. The van der Waals surface area contributed by atoms with Crippen LogP contribution in [0.25, 0.3) is 6.08 Å². The molecule has 2 rings (SSSR count). The van der Waals surface area contributed by atoms with Gasteiger partial charge in [-0.25, -0.2) is 0 Å². The van der Waals surface area contributed by atoms with E-state index in [2.05, 4.69) is 50.3 Å². The molecule has 0 saturated carbocycles. The van der Waals surface area contributed by atoms with Gasteiger partial charge in [-0.3, -0.25) is 5.32 Å². The molecule has 1 unspecified atom stereocenters. The smallest absolute Gasteiger partial charge is 0.169 e. The number of quaternary nitrogens is 1. The molecule has 1 aliphatic heterocycles. The number of rotatable bonds is 2. The Hall–Kier alpha value is -1.12. The van der Waals surface area contributed by atoms with Crippen molar-refractivity contribution in [3.05, 3.63) is 42.0 Å². The van der Waals surface area contributed by atoms with Crippen LogP contribution in [-0.4, -0.2) is 31.7 Å². The van der Waals surface area contributed by atoms with E-state index in [1.165, 1.54) is 17.7 Å². The summed E-state index contributed by atoms with van der Waals surface area (Å²) >= 11 is 0. The Balaban J connectivity index is 2.26. The largest absolute Gasteiger partial charge is 0.309 e. The summed E-state index contributed by atoms with van der Waals surface area (Å²) in [5.41, 5.74) is 2.55. The number of nitrogens with zero attached hydrogens (tertiary/aromatic N) is 1. The van der Waals surface area contributed by atoms with Crippen LogP contribution >= 0.6 is 0 Å². The first-order chi connectivity index (χ1) is 7.13. The van der Waals surface area contributed by atoms with Crippen molar-refractivity contribution in [2.24, 2.45) is 0 Å². The van der Waals surface area contributed by atoms with Gasteiger partial charge in [-0.2, -0.15) is 0 Å².